The number of carbonyl (C=O) groups is 1. The first kappa shape index (κ1) is 15.7. The van der Waals surface area contributed by atoms with Gasteiger partial charge in [-0.3, -0.25) is 19.9 Å². The number of nitro groups is 1. The third-order valence-corrected chi connectivity index (χ3v) is 3.83. The molecule has 7 heteroatoms. The Morgan fingerprint density at radius 3 is 2.88 bits per heavy atom. The van der Waals surface area contributed by atoms with Gasteiger partial charge in [-0.2, -0.15) is 0 Å². The number of hydrogen-bond acceptors (Lipinski definition) is 5. The molecule has 0 unspecified atom stereocenters. The van der Waals surface area contributed by atoms with Crippen LogP contribution in [0.2, 0.25) is 0 Å². The van der Waals surface area contributed by atoms with Crippen LogP contribution in [0.1, 0.15) is 6.42 Å². The van der Waals surface area contributed by atoms with Gasteiger partial charge in [-0.05, 0) is 12.1 Å². The van der Waals surface area contributed by atoms with Gasteiger partial charge in [-0.25, -0.2) is 0 Å². The predicted molar refractivity (Wildman–Crippen MR) is 88.5 cm³/mol. The van der Waals surface area contributed by atoms with E-state index < -0.39 is 4.92 Å². The van der Waals surface area contributed by atoms with Gasteiger partial charge in [0.1, 0.15) is 0 Å². The molecule has 0 amide bonds. The first-order chi connectivity index (χ1) is 11.6. The van der Waals surface area contributed by atoms with E-state index in [4.69, 9.17) is 0 Å². The Labute approximate surface area is 137 Å². The molecule has 0 spiro atoms. The molecule has 0 N–H and O–H groups in total. The highest BCUT2D eigenvalue weighted by atomic mass is 16.6. The number of benzene rings is 1. The van der Waals surface area contributed by atoms with Crippen molar-refractivity contribution in [2.45, 2.75) is 13.0 Å². The Hall–Kier alpha value is -3.22. The number of rotatable bonds is 5. The van der Waals surface area contributed by atoms with Crippen LogP contribution in [0.3, 0.4) is 0 Å². The van der Waals surface area contributed by atoms with Crippen LogP contribution in [0.25, 0.3) is 22.0 Å². The quantitative estimate of drug-likeness (QED) is 0.408. The lowest BCUT2D eigenvalue weighted by Gasteiger charge is -2.04. The number of nitrogens with zero attached hydrogens (tertiary/aromatic N) is 3. The maximum Gasteiger partial charge on any atom is 0.307 e. The summed E-state index contributed by atoms with van der Waals surface area (Å²) < 4.78 is 6.58. The minimum absolute atomic E-state index is 0.0263. The van der Waals surface area contributed by atoms with Crippen molar-refractivity contribution in [2.75, 3.05) is 7.11 Å². The Balaban J connectivity index is 2.12. The number of aryl methyl sites for hydroxylation is 1. The van der Waals surface area contributed by atoms with Crippen molar-refractivity contribution in [3.05, 3.63) is 59.0 Å². The van der Waals surface area contributed by atoms with Crippen LogP contribution >= 0.6 is 0 Å². The normalized spacial score (nSPS) is 10.7. The second-order valence-electron chi connectivity index (χ2n) is 5.26. The minimum Gasteiger partial charge on any atom is -0.469 e. The minimum atomic E-state index is -0.418. The fourth-order valence-electron chi connectivity index (χ4n) is 2.65. The van der Waals surface area contributed by atoms with Gasteiger partial charge < -0.3 is 9.30 Å². The zero-order chi connectivity index (χ0) is 17.1. The molecule has 24 heavy (non-hydrogen) atoms. The Morgan fingerprint density at radius 2 is 2.21 bits per heavy atom. The van der Waals surface area contributed by atoms with Crippen molar-refractivity contribution in [2.24, 2.45) is 0 Å². The maximum absolute atomic E-state index is 11.4. The molecule has 7 nitrogen and oxygen atoms in total. The Morgan fingerprint density at radius 1 is 1.38 bits per heavy atom. The number of carbonyl (C=O) groups excluding carboxylic acids is 1. The summed E-state index contributed by atoms with van der Waals surface area (Å²) in [7, 11) is 1.35. The van der Waals surface area contributed by atoms with Crippen LogP contribution in [-0.4, -0.2) is 27.6 Å². The number of non-ortho nitro benzene ring substituents is 1. The number of ether oxygens (including phenoxy) is 1. The van der Waals surface area contributed by atoms with Crippen LogP contribution in [0.4, 0.5) is 5.69 Å². The standard InChI is InChI=1S/C17H15N3O4/c1-24-17(21)6-8-19-11-15(12-3-2-7-18-10-12)14-9-13(20(22)23)4-5-16(14)19/h2-5,7,9-11H,6,8H2,1H3. The first-order valence-corrected chi connectivity index (χ1v) is 7.34. The average molecular weight is 325 g/mol. The molecule has 2 heterocycles. The highest BCUT2D eigenvalue weighted by Crippen LogP contribution is 2.33. The largest absolute Gasteiger partial charge is 0.469 e. The van der Waals surface area contributed by atoms with E-state index in [2.05, 4.69) is 9.72 Å². The van der Waals surface area contributed by atoms with E-state index in [-0.39, 0.29) is 18.1 Å². The predicted octanol–water partition coefficient (Wildman–Crippen LogP) is 3.17. The highest BCUT2D eigenvalue weighted by Gasteiger charge is 2.15. The van der Waals surface area contributed by atoms with E-state index in [1.165, 1.54) is 13.2 Å². The smallest absolute Gasteiger partial charge is 0.307 e. The number of nitro benzene ring substituents is 1. The number of pyridine rings is 1. The summed E-state index contributed by atoms with van der Waals surface area (Å²) in [6.45, 7) is 0.432. The van der Waals surface area contributed by atoms with Gasteiger partial charge in [0.05, 0.1) is 18.5 Å². The molecule has 3 rings (SSSR count). The fraction of sp³-hybridized carbons (Fsp3) is 0.176. The molecule has 3 aromatic rings. The molecule has 1 aromatic carbocycles. The molecule has 2 aromatic heterocycles. The lowest BCUT2D eigenvalue weighted by atomic mass is 10.1. The van der Waals surface area contributed by atoms with E-state index in [1.54, 1.807) is 24.5 Å². The molecule has 0 atom stereocenters. The molecule has 122 valence electrons. The lowest BCUT2D eigenvalue weighted by molar-refractivity contribution is -0.384. The lowest BCUT2D eigenvalue weighted by Crippen LogP contribution is -2.06. The summed E-state index contributed by atoms with van der Waals surface area (Å²) in [6.07, 6.45) is 5.48. The second-order valence-corrected chi connectivity index (χ2v) is 5.26. The molecule has 0 radical (unpaired) electrons. The molecule has 0 saturated carbocycles. The molecule has 0 aliphatic rings. The molecule has 0 fully saturated rings. The fourth-order valence-corrected chi connectivity index (χ4v) is 2.65. The summed E-state index contributed by atoms with van der Waals surface area (Å²) in [6, 6.07) is 8.41. The third-order valence-electron chi connectivity index (χ3n) is 3.83. The Kier molecular flexibility index (Phi) is 4.24. The van der Waals surface area contributed by atoms with Gasteiger partial charge >= 0.3 is 5.97 Å². The van der Waals surface area contributed by atoms with Gasteiger partial charge in [0, 0.05) is 59.3 Å². The average Bonchev–Trinajstić information content (AvgIpc) is 2.98. The number of hydrogen-bond donors (Lipinski definition) is 0. The molecular weight excluding hydrogens is 310 g/mol. The van der Waals surface area contributed by atoms with Crippen LogP contribution in [0, 0.1) is 10.1 Å². The van der Waals surface area contributed by atoms with E-state index in [0.29, 0.717) is 6.54 Å². The summed E-state index contributed by atoms with van der Waals surface area (Å²) >= 11 is 0. The maximum atomic E-state index is 11.4. The molecular formula is C17H15N3O4. The summed E-state index contributed by atoms with van der Waals surface area (Å²) in [5, 5.41) is 11.8. The zero-order valence-corrected chi connectivity index (χ0v) is 13.0. The van der Waals surface area contributed by atoms with Crippen LogP contribution in [0.15, 0.2) is 48.9 Å². The number of esters is 1. The molecule has 0 aliphatic carbocycles. The molecule has 0 bridgehead atoms. The number of methoxy groups -OCH3 is 1. The van der Waals surface area contributed by atoms with Crippen molar-refractivity contribution in [1.82, 2.24) is 9.55 Å². The number of fused-ring (bicyclic) bond motifs is 1. The highest BCUT2D eigenvalue weighted by molar-refractivity contribution is 5.97. The summed E-state index contributed by atoms with van der Waals surface area (Å²) in [5.74, 6) is -0.304. The Bertz CT molecular complexity index is 903. The van der Waals surface area contributed by atoms with E-state index >= 15 is 0 Å². The van der Waals surface area contributed by atoms with Gasteiger partial charge in [0.2, 0.25) is 0 Å². The first-order valence-electron chi connectivity index (χ1n) is 7.34. The van der Waals surface area contributed by atoms with Gasteiger partial charge in [0.25, 0.3) is 5.69 Å². The topological polar surface area (TPSA) is 87.3 Å². The third kappa shape index (κ3) is 2.96. The van der Waals surface area contributed by atoms with Gasteiger partial charge in [-0.15, -0.1) is 0 Å². The second kappa shape index (κ2) is 6.49. The van der Waals surface area contributed by atoms with E-state index in [1.807, 2.05) is 22.9 Å². The summed E-state index contributed by atoms with van der Waals surface area (Å²) in [5.41, 5.74) is 2.55. The SMILES string of the molecule is COC(=O)CCn1cc(-c2cccnc2)c2cc([N+](=O)[O-])ccc21. The van der Waals surface area contributed by atoms with Gasteiger partial charge in [0.15, 0.2) is 0 Å². The van der Waals surface area contributed by atoms with Crippen molar-refractivity contribution < 1.29 is 14.5 Å². The zero-order valence-electron chi connectivity index (χ0n) is 13.0. The van der Waals surface area contributed by atoms with Crippen molar-refractivity contribution in [1.29, 1.82) is 0 Å². The van der Waals surface area contributed by atoms with E-state index in [9.17, 15) is 14.9 Å². The van der Waals surface area contributed by atoms with Gasteiger partial charge in [-0.1, -0.05) is 6.07 Å². The van der Waals surface area contributed by atoms with Crippen LogP contribution < -0.4 is 0 Å². The number of aromatic nitrogens is 2. The monoisotopic (exact) mass is 325 g/mol. The summed E-state index contributed by atoms with van der Waals surface area (Å²) in [4.78, 5) is 26.2. The van der Waals surface area contributed by atoms with Crippen molar-refractivity contribution in [3.63, 3.8) is 0 Å². The van der Waals surface area contributed by atoms with Crippen LogP contribution in [0.5, 0.6) is 0 Å². The molecule has 0 aliphatic heterocycles. The van der Waals surface area contributed by atoms with E-state index in [0.717, 1.165) is 22.0 Å². The van der Waals surface area contributed by atoms with Crippen molar-refractivity contribution in [3.8, 4) is 11.1 Å². The van der Waals surface area contributed by atoms with Crippen molar-refractivity contribution >= 4 is 22.6 Å². The van der Waals surface area contributed by atoms with Crippen LogP contribution in [-0.2, 0) is 16.1 Å². The molecule has 0 saturated heterocycles.